The highest BCUT2D eigenvalue weighted by Crippen LogP contribution is 2.27. The van der Waals surface area contributed by atoms with Crippen molar-refractivity contribution >= 4 is 21.4 Å². The third-order valence-corrected chi connectivity index (χ3v) is 5.51. The van der Waals surface area contributed by atoms with Crippen LogP contribution in [-0.4, -0.2) is 51.3 Å². The number of benzene rings is 1. The molecular weight excluding hydrogens is 322 g/mol. The molecule has 4 rings (SSSR count). The molecular formula is C17H21N5OS. The summed E-state index contributed by atoms with van der Waals surface area (Å²) in [7, 11) is 2.18. The van der Waals surface area contributed by atoms with Gasteiger partial charge in [-0.05, 0) is 63.2 Å². The molecule has 0 amide bonds. The maximum absolute atomic E-state index is 9.43. The van der Waals surface area contributed by atoms with Gasteiger partial charge in [-0.15, -0.1) is 5.10 Å². The van der Waals surface area contributed by atoms with E-state index in [1.165, 1.54) is 25.9 Å². The Bertz CT molecular complexity index is 817. The van der Waals surface area contributed by atoms with Crippen molar-refractivity contribution in [1.29, 1.82) is 0 Å². The van der Waals surface area contributed by atoms with Crippen LogP contribution in [0, 0.1) is 5.92 Å². The molecule has 0 spiro atoms. The Morgan fingerprint density at radius 3 is 2.75 bits per heavy atom. The maximum Gasteiger partial charge on any atom is 0.214 e. The summed E-state index contributed by atoms with van der Waals surface area (Å²) in [5.74, 6) is 0.979. The first-order valence-corrected chi connectivity index (χ1v) is 9.07. The third-order valence-electron chi connectivity index (χ3n) is 4.63. The Labute approximate surface area is 144 Å². The monoisotopic (exact) mass is 343 g/mol. The van der Waals surface area contributed by atoms with Crippen molar-refractivity contribution in [3.63, 3.8) is 0 Å². The number of hydrogen-bond donors (Lipinski definition) is 2. The zero-order chi connectivity index (χ0) is 16.5. The van der Waals surface area contributed by atoms with Crippen LogP contribution in [0.1, 0.15) is 12.8 Å². The van der Waals surface area contributed by atoms with Crippen molar-refractivity contribution in [2.75, 3.05) is 32.0 Å². The molecule has 126 valence electrons. The van der Waals surface area contributed by atoms with Gasteiger partial charge in [0.25, 0.3) is 0 Å². The summed E-state index contributed by atoms with van der Waals surface area (Å²) in [4.78, 5) is 7.72. The highest BCUT2D eigenvalue weighted by atomic mass is 32.1. The smallest absolute Gasteiger partial charge is 0.214 e. The molecule has 1 aromatic carbocycles. The molecule has 6 nitrogen and oxygen atoms in total. The topological polar surface area (TPSA) is 65.7 Å². The Balaban J connectivity index is 1.49. The first-order valence-electron chi connectivity index (χ1n) is 8.25. The zero-order valence-electron chi connectivity index (χ0n) is 13.6. The van der Waals surface area contributed by atoms with Gasteiger partial charge >= 0.3 is 0 Å². The van der Waals surface area contributed by atoms with Crippen molar-refractivity contribution in [3.05, 3.63) is 30.5 Å². The third kappa shape index (κ3) is 3.09. The molecule has 0 radical (unpaired) electrons. The number of likely N-dealkylation sites (tertiary alicyclic amines) is 1. The van der Waals surface area contributed by atoms with Crippen molar-refractivity contribution in [2.45, 2.75) is 12.8 Å². The van der Waals surface area contributed by atoms with Crippen molar-refractivity contribution in [3.8, 4) is 17.0 Å². The minimum absolute atomic E-state index is 0.262. The van der Waals surface area contributed by atoms with Crippen LogP contribution >= 0.6 is 11.3 Å². The van der Waals surface area contributed by atoms with Crippen LogP contribution in [0.4, 0.5) is 5.13 Å². The molecule has 1 saturated heterocycles. The lowest BCUT2D eigenvalue weighted by Gasteiger charge is -2.28. The lowest BCUT2D eigenvalue weighted by Crippen LogP contribution is -2.32. The van der Waals surface area contributed by atoms with E-state index >= 15 is 0 Å². The van der Waals surface area contributed by atoms with Gasteiger partial charge in [-0.2, -0.15) is 0 Å². The number of aromatic hydroxyl groups is 1. The zero-order valence-corrected chi connectivity index (χ0v) is 14.5. The number of nitrogens with zero attached hydrogens (tertiary/aromatic N) is 4. The molecule has 1 fully saturated rings. The first kappa shape index (κ1) is 15.4. The summed E-state index contributed by atoms with van der Waals surface area (Å²) < 4.78 is 1.87. The summed E-state index contributed by atoms with van der Waals surface area (Å²) in [6, 6.07) is 7.12. The van der Waals surface area contributed by atoms with Gasteiger partial charge in [0.15, 0.2) is 0 Å². The van der Waals surface area contributed by atoms with Crippen molar-refractivity contribution < 1.29 is 5.11 Å². The average Bonchev–Trinajstić information content (AvgIpc) is 3.15. The second kappa shape index (κ2) is 6.41. The van der Waals surface area contributed by atoms with Crippen LogP contribution in [0.2, 0.25) is 0 Å². The predicted molar refractivity (Wildman–Crippen MR) is 96.7 cm³/mol. The highest BCUT2D eigenvalue weighted by molar-refractivity contribution is 7.20. The standard InChI is InChI=1S/C17H21N5OS/c1-21-8-6-12(7-9-21)10-18-16-20-22-15(11-19-17(22)24-16)13-2-4-14(23)5-3-13/h2-5,11-12,23H,6-10H2,1H3,(H,18,20). The lowest BCUT2D eigenvalue weighted by atomic mass is 9.97. The van der Waals surface area contributed by atoms with Crippen LogP contribution < -0.4 is 5.32 Å². The van der Waals surface area contributed by atoms with E-state index in [9.17, 15) is 5.11 Å². The maximum atomic E-state index is 9.43. The highest BCUT2D eigenvalue weighted by Gasteiger charge is 2.17. The fourth-order valence-electron chi connectivity index (χ4n) is 3.09. The number of nitrogens with one attached hydrogen (secondary N) is 1. The van der Waals surface area contributed by atoms with Crippen LogP contribution in [0.3, 0.4) is 0 Å². The van der Waals surface area contributed by atoms with Gasteiger partial charge in [0.1, 0.15) is 5.75 Å². The van der Waals surface area contributed by atoms with Gasteiger partial charge < -0.3 is 15.3 Å². The number of hydrogen-bond acceptors (Lipinski definition) is 6. The van der Waals surface area contributed by atoms with Gasteiger partial charge in [0.05, 0.1) is 11.9 Å². The number of fused-ring (bicyclic) bond motifs is 1. The normalized spacial score (nSPS) is 16.7. The lowest BCUT2D eigenvalue weighted by molar-refractivity contribution is 0.226. The fraction of sp³-hybridized carbons (Fsp3) is 0.412. The van der Waals surface area contributed by atoms with Gasteiger partial charge in [-0.25, -0.2) is 9.50 Å². The number of imidazole rings is 1. The van der Waals surface area contributed by atoms with E-state index < -0.39 is 0 Å². The Kier molecular flexibility index (Phi) is 4.12. The quantitative estimate of drug-likeness (QED) is 0.762. The molecule has 0 atom stereocenters. The van der Waals surface area contributed by atoms with Crippen LogP contribution in [0.25, 0.3) is 16.2 Å². The Hall–Kier alpha value is -2.12. The number of anilines is 1. The van der Waals surface area contributed by atoms with Gasteiger partial charge in [-0.1, -0.05) is 11.3 Å². The molecule has 3 heterocycles. The molecule has 1 aliphatic rings. The average molecular weight is 343 g/mol. The van der Waals surface area contributed by atoms with E-state index in [1.54, 1.807) is 23.5 Å². The van der Waals surface area contributed by atoms with E-state index in [1.807, 2.05) is 22.8 Å². The molecule has 7 heteroatoms. The van der Waals surface area contributed by atoms with Crippen LogP contribution in [0.5, 0.6) is 5.75 Å². The van der Waals surface area contributed by atoms with E-state index in [-0.39, 0.29) is 5.75 Å². The SMILES string of the molecule is CN1CCC(CNc2nn3c(-c4ccc(O)cc4)cnc3s2)CC1. The second-order valence-corrected chi connectivity index (χ2v) is 7.38. The minimum atomic E-state index is 0.262. The van der Waals surface area contributed by atoms with Crippen LogP contribution in [-0.2, 0) is 0 Å². The Morgan fingerprint density at radius 2 is 2.00 bits per heavy atom. The predicted octanol–water partition coefficient (Wildman–Crippen LogP) is 2.92. The number of rotatable bonds is 4. The van der Waals surface area contributed by atoms with Gasteiger partial charge in [0.2, 0.25) is 10.1 Å². The summed E-state index contributed by atoms with van der Waals surface area (Å²) in [6.07, 6.45) is 4.31. The van der Waals surface area contributed by atoms with E-state index in [2.05, 4.69) is 27.3 Å². The largest absolute Gasteiger partial charge is 0.508 e. The molecule has 0 saturated carbocycles. The first-order chi connectivity index (χ1) is 11.7. The Morgan fingerprint density at radius 1 is 1.25 bits per heavy atom. The summed E-state index contributed by atoms with van der Waals surface area (Å²) in [5.41, 5.74) is 1.93. The molecule has 1 aliphatic heterocycles. The molecule has 0 bridgehead atoms. The molecule has 0 unspecified atom stereocenters. The van der Waals surface area contributed by atoms with Gasteiger partial charge in [0, 0.05) is 12.1 Å². The number of piperidine rings is 1. The van der Waals surface area contributed by atoms with Crippen molar-refractivity contribution in [2.24, 2.45) is 5.92 Å². The summed E-state index contributed by atoms with van der Waals surface area (Å²) in [6.45, 7) is 3.33. The van der Waals surface area contributed by atoms with Crippen molar-refractivity contribution in [1.82, 2.24) is 19.5 Å². The molecule has 0 aliphatic carbocycles. The number of phenolic OH excluding ortho intramolecular Hbond substituents is 1. The van der Waals surface area contributed by atoms with Gasteiger partial charge in [-0.3, -0.25) is 0 Å². The van der Waals surface area contributed by atoms with E-state index in [4.69, 9.17) is 0 Å². The number of phenols is 1. The van der Waals surface area contributed by atoms with E-state index in [0.29, 0.717) is 5.92 Å². The molecule has 2 N–H and O–H groups in total. The second-order valence-electron chi connectivity index (χ2n) is 6.42. The molecule has 24 heavy (non-hydrogen) atoms. The molecule has 2 aromatic heterocycles. The summed E-state index contributed by atoms with van der Waals surface area (Å²) >= 11 is 1.57. The number of aromatic nitrogens is 3. The van der Waals surface area contributed by atoms with Crippen LogP contribution in [0.15, 0.2) is 30.5 Å². The summed E-state index contributed by atoms with van der Waals surface area (Å²) in [5, 5.41) is 18.5. The minimum Gasteiger partial charge on any atom is -0.508 e. The molecule has 3 aromatic rings. The fourth-order valence-corrected chi connectivity index (χ4v) is 3.87. The van der Waals surface area contributed by atoms with E-state index in [0.717, 1.165) is 27.9 Å².